The number of aromatic nitrogens is 2. The van der Waals surface area contributed by atoms with Gasteiger partial charge < -0.3 is 18.5 Å². The Hall–Kier alpha value is -3.96. The number of benzene rings is 4. The maximum absolute atomic E-state index is 13.1. The van der Waals surface area contributed by atoms with Gasteiger partial charge in [0, 0.05) is 32.6 Å². The van der Waals surface area contributed by atoms with Crippen LogP contribution in [0.3, 0.4) is 0 Å². The van der Waals surface area contributed by atoms with Crippen LogP contribution in [0.15, 0.2) is 122 Å². The molecule has 2 heterocycles. The van der Waals surface area contributed by atoms with Crippen LogP contribution in [0.5, 0.6) is 0 Å². The van der Waals surface area contributed by atoms with E-state index in [1.807, 2.05) is 24.5 Å². The van der Waals surface area contributed by atoms with E-state index < -0.39 is 13.1 Å². The summed E-state index contributed by atoms with van der Waals surface area (Å²) in [6.07, 6.45) is 5.02. The topological polar surface area (TPSA) is 56.6 Å². The van der Waals surface area contributed by atoms with Crippen molar-refractivity contribution in [2.24, 2.45) is 0 Å². The molecule has 0 unspecified atom stereocenters. The van der Waals surface area contributed by atoms with Crippen LogP contribution in [-0.2, 0) is 32.1 Å². The number of imidazole rings is 1. The van der Waals surface area contributed by atoms with E-state index >= 15 is 0 Å². The van der Waals surface area contributed by atoms with Crippen LogP contribution in [-0.4, -0.2) is 30.3 Å². The number of anilines is 1. The Morgan fingerprint density at radius 3 is 1.88 bits per heavy atom. The van der Waals surface area contributed by atoms with Gasteiger partial charge in [-0.25, -0.2) is 4.98 Å². The van der Waals surface area contributed by atoms with Crippen LogP contribution >= 0.6 is 7.60 Å². The Morgan fingerprint density at radius 1 is 0.800 bits per heavy atom. The molecule has 40 heavy (non-hydrogen) atoms. The summed E-state index contributed by atoms with van der Waals surface area (Å²) in [5.41, 5.74) is 6.07. The molecular weight excluding hydrogens is 517 g/mol. The van der Waals surface area contributed by atoms with Gasteiger partial charge in [0.2, 0.25) is 0 Å². The van der Waals surface area contributed by atoms with Gasteiger partial charge in [-0.3, -0.25) is 4.57 Å². The second-order valence-corrected chi connectivity index (χ2v) is 12.2. The van der Waals surface area contributed by atoms with E-state index in [9.17, 15) is 4.57 Å². The lowest BCUT2D eigenvalue weighted by Crippen LogP contribution is -2.37. The summed E-state index contributed by atoms with van der Waals surface area (Å²) in [7, 11) is -0.507. The van der Waals surface area contributed by atoms with Crippen LogP contribution in [0.1, 0.15) is 27.9 Å². The summed E-state index contributed by atoms with van der Waals surface area (Å²) in [4.78, 5) is 7.20. The number of nitrogens with zero attached hydrogens (tertiary/aromatic N) is 3. The second kappa shape index (κ2) is 10.9. The highest BCUT2D eigenvalue weighted by Crippen LogP contribution is 2.46. The normalized spacial score (nSPS) is 13.4. The van der Waals surface area contributed by atoms with Crippen LogP contribution < -0.4 is 10.2 Å². The van der Waals surface area contributed by atoms with Gasteiger partial charge in [-0.15, -0.1) is 0 Å². The average Bonchev–Trinajstić information content (AvgIpc) is 3.66. The summed E-state index contributed by atoms with van der Waals surface area (Å²) in [5, 5.41) is 0.560. The zero-order chi connectivity index (χ0) is 27.6. The number of fused-ring (bicyclic) bond motifs is 1. The van der Waals surface area contributed by atoms with E-state index in [1.54, 1.807) is 0 Å². The van der Waals surface area contributed by atoms with Crippen molar-refractivity contribution in [3.63, 3.8) is 0 Å². The molecule has 0 saturated carbocycles. The molecule has 0 spiro atoms. The first-order valence-corrected chi connectivity index (χ1v) is 14.9. The zero-order valence-corrected chi connectivity index (χ0v) is 23.6. The molecule has 6 rings (SSSR count). The number of hydrogen-bond acceptors (Lipinski definition) is 5. The fourth-order valence-corrected chi connectivity index (χ4v) is 6.97. The predicted molar refractivity (Wildman–Crippen MR) is 159 cm³/mol. The molecule has 0 fully saturated rings. The van der Waals surface area contributed by atoms with Gasteiger partial charge in [0.1, 0.15) is 5.54 Å². The Balaban J connectivity index is 1.43. The highest BCUT2D eigenvalue weighted by atomic mass is 31.2. The first kappa shape index (κ1) is 26.3. The fourth-order valence-electron chi connectivity index (χ4n) is 5.86. The number of rotatable bonds is 9. The van der Waals surface area contributed by atoms with Gasteiger partial charge in [-0.05, 0) is 40.8 Å². The highest BCUT2D eigenvalue weighted by Gasteiger charge is 2.38. The van der Waals surface area contributed by atoms with E-state index in [-0.39, 0.29) is 0 Å². The molecule has 0 aliphatic carbocycles. The molecule has 1 aromatic heterocycles. The van der Waals surface area contributed by atoms with Gasteiger partial charge >= 0.3 is 7.60 Å². The van der Waals surface area contributed by atoms with E-state index in [0.29, 0.717) is 11.8 Å². The monoisotopic (exact) mass is 549 g/mol. The fraction of sp³-hybridized carbons (Fsp3) is 0.182. The molecule has 1 aliphatic rings. The Bertz CT molecular complexity index is 1530. The smallest absolute Gasteiger partial charge is 0.360 e. The maximum atomic E-state index is 13.1. The Morgan fingerprint density at radius 2 is 1.35 bits per heavy atom. The first-order valence-electron chi connectivity index (χ1n) is 13.4. The van der Waals surface area contributed by atoms with Crippen LogP contribution in [0.25, 0.3) is 0 Å². The molecule has 0 bridgehead atoms. The molecular formula is C33H32N3O3P. The van der Waals surface area contributed by atoms with Gasteiger partial charge in [0.25, 0.3) is 0 Å². The van der Waals surface area contributed by atoms with Crippen molar-refractivity contribution < 1.29 is 13.6 Å². The lowest BCUT2D eigenvalue weighted by molar-refractivity contribution is 0.287. The summed E-state index contributed by atoms with van der Waals surface area (Å²) < 4.78 is 25.8. The van der Waals surface area contributed by atoms with E-state index in [2.05, 4.69) is 107 Å². The highest BCUT2D eigenvalue weighted by molar-refractivity contribution is 7.62. The molecule has 7 heteroatoms. The molecule has 4 aromatic carbocycles. The molecule has 6 nitrogen and oxygen atoms in total. The molecule has 0 radical (unpaired) electrons. The van der Waals surface area contributed by atoms with E-state index in [1.165, 1.54) is 19.8 Å². The minimum absolute atomic E-state index is 0.560. The van der Waals surface area contributed by atoms with Crippen LogP contribution in [0.4, 0.5) is 5.69 Å². The van der Waals surface area contributed by atoms with Crippen molar-refractivity contribution in [1.29, 1.82) is 0 Å². The van der Waals surface area contributed by atoms with Gasteiger partial charge in [0.15, 0.2) is 0 Å². The Kier molecular flexibility index (Phi) is 7.16. The molecule has 0 saturated heterocycles. The van der Waals surface area contributed by atoms with Gasteiger partial charge in [-0.1, -0.05) is 97.1 Å². The van der Waals surface area contributed by atoms with Gasteiger partial charge in [-0.2, -0.15) is 0 Å². The van der Waals surface area contributed by atoms with Crippen molar-refractivity contribution in [2.75, 3.05) is 25.7 Å². The van der Waals surface area contributed by atoms with Crippen molar-refractivity contribution in [2.45, 2.75) is 18.5 Å². The van der Waals surface area contributed by atoms with Crippen molar-refractivity contribution in [1.82, 2.24) is 9.55 Å². The van der Waals surface area contributed by atoms with Gasteiger partial charge in [0.05, 0.1) is 23.9 Å². The average molecular weight is 550 g/mol. The van der Waals surface area contributed by atoms with E-state index in [0.717, 1.165) is 41.0 Å². The summed E-state index contributed by atoms with van der Waals surface area (Å²) in [6, 6.07) is 37.6. The number of hydrogen-bond donors (Lipinski definition) is 0. The lowest BCUT2D eigenvalue weighted by atomic mass is 9.77. The molecule has 1 aliphatic heterocycles. The predicted octanol–water partition coefficient (Wildman–Crippen LogP) is 6.40. The minimum atomic E-state index is -3.34. The summed E-state index contributed by atoms with van der Waals surface area (Å²) >= 11 is 0. The molecule has 202 valence electrons. The molecule has 0 N–H and O–H groups in total. The third-order valence-corrected chi connectivity index (χ3v) is 9.68. The molecule has 0 atom stereocenters. The standard InChI is InChI=1S/C33H32N3O3P/c1-38-40(37,39-2)31-19-18-26-20-21-35(32(26)22-31)23-30-24-36(25-34-30)33(27-12-6-3-7-13-27,28-14-8-4-9-15-28)29-16-10-5-11-17-29/h3-19,22,24-25H,20-21,23H2,1-2H3. The molecule has 0 amide bonds. The third kappa shape index (κ3) is 4.48. The van der Waals surface area contributed by atoms with Crippen molar-refractivity contribution in [3.05, 3.63) is 150 Å². The third-order valence-electron chi connectivity index (χ3n) is 7.81. The molecule has 5 aromatic rings. The SMILES string of the molecule is COP(=O)(OC)c1ccc2c(c1)N(Cc1cn(C(c3ccccc3)(c3ccccc3)c3ccccc3)cn1)CC2. The lowest BCUT2D eigenvalue weighted by Gasteiger charge is -2.37. The minimum Gasteiger partial charge on any atom is -0.365 e. The summed E-state index contributed by atoms with van der Waals surface area (Å²) in [5.74, 6) is 0. The summed E-state index contributed by atoms with van der Waals surface area (Å²) in [6.45, 7) is 1.49. The van der Waals surface area contributed by atoms with Crippen molar-refractivity contribution >= 4 is 18.6 Å². The van der Waals surface area contributed by atoms with Crippen molar-refractivity contribution in [3.8, 4) is 0 Å². The largest absolute Gasteiger partial charge is 0.365 e. The maximum Gasteiger partial charge on any atom is 0.360 e. The second-order valence-electron chi connectivity index (χ2n) is 9.93. The van der Waals surface area contributed by atoms with E-state index in [4.69, 9.17) is 14.0 Å². The van der Waals surface area contributed by atoms with Crippen LogP contribution in [0.2, 0.25) is 0 Å². The first-order chi connectivity index (χ1) is 19.6. The zero-order valence-electron chi connectivity index (χ0n) is 22.7. The Labute approximate surface area is 235 Å². The van der Waals surface area contributed by atoms with Crippen LogP contribution in [0, 0.1) is 0 Å². The quantitative estimate of drug-likeness (QED) is 0.157.